The summed E-state index contributed by atoms with van der Waals surface area (Å²) in [6.45, 7) is 4.04. The summed E-state index contributed by atoms with van der Waals surface area (Å²) < 4.78 is 21.2. The van der Waals surface area contributed by atoms with Crippen LogP contribution in [0.25, 0.3) is 11.0 Å². The van der Waals surface area contributed by atoms with E-state index in [1.807, 2.05) is 17.6 Å². The van der Waals surface area contributed by atoms with Gasteiger partial charge in [0, 0.05) is 32.1 Å². The summed E-state index contributed by atoms with van der Waals surface area (Å²) in [6.07, 6.45) is 1.48. The Morgan fingerprint density at radius 3 is 3.00 bits per heavy atom. The molecule has 0 spiro atoms. The maximum atomic E-state index is 14.0. The third kappa shape index (κ3) is 3.25. The molecule has 1 heterocycles. The van der Waals surface area contributed by atoms with Crippen LogP contribution in [0.15, 0.2) is 18.2 Å². The van der Waals surface area contributed by atoms with E-state index in [2.05, 4.69) is 4.98 Å². The largest absolute Gasteiger partial charge is 0.382 e. The Hall–Kier alpha value is -1.13. The molecule has 19 heavy (non-hydrogen) atoms. The minimum Gasteiger partial charge on any atom is -0.382 e. The van der Waals surface area contributed by atoms with Crippen molar-refractivity contribution in [2.75, 3.05) is 19.1 Å². The van der Waals surface area contributed by atoms with Crippen molar-refractivity contribution in [2.24, 2.45) is 0 Å². The molecular weight excluding hydrogens is 267 g/mol. The monoisotopic (exact) mass is 284 g/mol. The highest BCUT2D eigenvalue weighted by molar-refractivity contribution is 6.17. The number of hydrogen-bond donors (Lipinski definition) is 0. The van der Waals surface area contributed by atoms with Crippen molar-refractivity contribution >= 4 is 22.6 Å². The molecule has 1 aromatic carbocycles. The molecule has 0 unspecified atom stereocenters. The number of imidazole rings is 1. The number of para-hydroxylation sites is 1. The second-order valence-corrected chi connectivity index (χ2v) is 4.65. The maximum absolute atomic E-state index is 14.0. The Morgan fingerprint density at radius 2 is 2.26 bits per heavy atom. The summed E-state index contributed by atoms with van der Waals surface area (Å²) >= 11 is 5.79. The number of rotatable bonds is 7. The molecule has 104 valence electrons. The van der Waals surface area contributed by atoms with Gasteiger partial charge in [-0.05, 0) is 25.5 Å². The third-order valence-electron chi connectivity index (χ3n) is 2.99. The number of halogens is 2. The Morgan fingerprint density at radius 1 is 1.42 bits per heavy atom. The summed E-state index contributed by atoms with van der Waals surface area (Å²) in [5.41, 5.74) is 1.26. The predicted molar refractivity (Wildman–Crippen MR) is 75.2 cm³/mol. The van der Waals surface area contributed by atoms with E-state index < -0.39 is 0 Å². The average Bonchev–Trinajstić information content (AvgIpc) is 2.74. The number of alkyl halides is 1. The number of ether oxygens (including phenoxy) is 1. The van der Waals surface area contributed by atoms with Crippen LogP contribution >= 0.6 is 11.6 Å². The van der Waals surface area contributed by atoms with E-state index in [9.17, 15) is 4.39 Å². The van der Waals surface area contributed by atoms with Crippen LogP contribution in [-0.2, 0) is 17.7 Å². The van der Waals surface area contributed by atoms with Gasteiger partial charge in [-0.1, -0.05) is 6.07 Å². The number of benzene rings is 1. The average molecular weight is 285 g/mol. The zero-order chi connectivity index (χ0) is 13.7. The molecule has 0 saturated carbocycles. The molecule has 0 bridgehead atoms. The third-order valence-corrected chi connectivity index (χ3v) is 3.18. The van der Waals surface area contributed by atoms with Gasteiger partial charge in [0.1, 0.15) is 17.2 Å². The fourth-order valence-electron chi connectivity index (χ4n) is 2.18. The van der Waals surface area contributed by atoms with Gasteiger partial charge in [-0.15, -0.1) is 11.6 Å². The molecule has 2 rings (SSSR count). The molecule has 5 heteroatoms. The highest BCUT2D eigenvalue weighted by Gasteiger charge is 2.13. The standard InChI is InChI=1S/C14H18ClFN2O/c1-2-19-10-4-9-18-13(7-8-15)17-12-6-3-5-11(16)14(12)18/h3,5-6H,2,4,7-10H2,1H3. The van der Waals surface area contributed by atoms with Gasteiger partial charge in [0.05, 0.1) is 5.52 Å². The topological polar surface area (TPSA) is 27.1 Å². The Bertz CT molecular complexity index is 541. The first-order valence-corrected chi connectivity index (χ1v) is 7.08. The molecule has 0 fully saturated rings. The number of aromatic nitrogens is 2. The minimum atomic E-state index is -0.234. The lowest BCUT2D eigenvalue weighted by atomic mass is 10.3. The van der Waals surface area contributed by atoms with Crippen molar-refractivity contribution in [1.82, 2.24) is 9.55 Å². The maximum Gasteiger partial charge on any atom is 0.149 e. The first kappa shape index (κ1) is 14.3. The van der Waals surface area contributed by atoms with Crippen LogP contribution in [0.3, 0.4) is 0 Å². The van der Waals surface area contributed by atoms with Gasteiger partial charge < -0.3 is 9.30 Å². The second-order valence-electron chi connectivity index (χ2n) is 4.28. The number of nitrogens with zero attached hydrogens (tertiary/aromatic N) is 2. The first-order valence-electron chi connectivity index (χ1n) is 6.55. The Balaban J connectivity index is 2.28. The lowest BCUT2D eigenvalue weighted by Crippen LogP contribution is -2.08. The van der Waals surface area contributed by atoms with Crippen molar-refractivity contribution in [3.8, 4) is 0 Å². The lowest BCUT2D eigenvalue weighted by molar-refractivity contribution is 0.141. The van der Waals surface area contributed by atoms with E-state index in [-0.39, 0.29) is 5.82 Å². The van der Waals surface area contributed by atoms with Crippen LogP contribution in [0.1, 0.15) is 19.2 Å². The molecular formula is C14H18ClFN2O. The molecule has 1 aromatic heterocycles. The van der Waals surface area contributed by atoms with Crippen molar-refractivity contribution in [3.63, 3.8) is 0 Å². The summed E-state index contributed by atoms with van der Waals surface area (Å²) in [6, 6.07) is 4.97. The summed E-state index contributed by atoms with van der Waals surface area (Å²) in [5, 5.41) is 0. The van der Waals surface area contributed by atoms with E-state index in [1.165, 1.54) is 6.07 Å². The molecule has 0 amide bonds. The molecule has 2 aromatic rings. The smallest absolute Gasteiger partial charge is 0.149 e. The zero-order valence-corrected chi connectivity index (χ0v) is 11.8. The van der Waals surface area contributed by atoms with Crippen LogP contribution in [0.2, 0.25) is 0 Å². The van der Waals surface area contributed by atoms with Gasteiger partial charge in [0.15, 0.2) is 0 Å². The quantitative estimate of drug-likeness (QED) is 0.576. The van der Waals surface area contributed by atoms with Gasteiger partial charge in [0.2, 0.25) is 0 Å². The van der Waals surface area contributed by atoms with Crippen LogP contribution < -0.4 is 0 Å². The SMILES string of the molecule is CCOCCCn1c(CCCl)nc2cccc(F)c21. The molecule has 0 aliphatic rings. The van der Waals surface area contributed by atoms with Gasteiger partial charge >= 0.3 is 0 Å². The highest BCUT2D eigenvalue weighted by Crippen LogP contribution is 2.20. The van der Waals surface area contributed by atoms with Crippen LogP contribution in [0.5, 0.6) is 0 Å². The molecule has 0 atom stereocenters. The van der Waals surface area contributed by atoms with Crippen molar-refractivity contribution in [3.05, 3.63) is 29.8 Å². The molecule has 0 aliphatic carbocycles. The fourth-order valence-corrected chi connectivity index (χ4v) is 2.34. The highest BCUT2D eigenvalue weighted by atomic mass is 35.5. The zero-order valence-electron chi connectivity index (χ0n) is 11.0. The van der Waals surface area contributed by atoms with Crippen molar-refractivity contribution in [2.45, 2.75) is 26.3 Å². The summed E-state index contributed by atoms with van der Waals surface area (Å²) in [4.78, 5) is 4.46. The van der Waals surface area contributed by atoms with Gasteiger partial charge in [-0.2, -0.15) is 0 Å². The van der Waals surface area contributed by atoms with Gasteiger partial charge in [-0.25, -0.2) is 9.37 Å². The van der Waals surface area contributed by atoms with Gasteiger partial charge in [-0.3, -0.25) is 0 Å². The molecule has 3 nitrogen and oxygen atoms in total. The number of hydrogen-bond acceptors (Lipinski definition) is 2. The second kappa shape index (κ2) is 6.87. The molecule has 0 aliphatic heterocycles. The number of fused-ring (bicyclic) bond motifs is 1. The lowest BCUT2D eigenvalue weighted by Gasteiger charge is -2.09. The van der Waals surface area contributed by atoms with E-state index >= 15 is 0 Å². The molecule has 0 saturated heterocycles. The van der Waals surface area contributed by atoms with E-state index in [4.69, 9.17) is 16.3 Å². The Labute approximate surface area is 117 Å². The predicted octanol–water partition coefficient (Wildman–Crippen LogP) is 3.38. The molecule has 0 N–H and O–H groups in total. The van der Waals surface area contributed by atoms with Crippen molar-refractivity contribution in [1.29, 1.82) is 0 Å². The van der Waals surface area contributed by atoms with Crippen molar-refractivity contribution < 1.29 is 9.13 Å². The normalized spacial score (nSPS) is 11.3. The summed E-state index contributed by atoms with van der Waals surface area (Å²) in [5.74, 6) is 1.09. The van der Waals surface area contributed by atoms with E-state index in [1.54, 1.807) is 6.07 Å². The summed E-state index contributed by atoms with van der Waals surface area (Å²) in [7, 11) is 0. The van der Waals surface area contributed by atoms with E-state index in [0.29, 0.717) is 43.1 Å². The van der Waals surface area contributed by atoms with Crippen LogP contribution in [-0.4, -0.2) is 28.6 Å². The number of aryl methyl sites for hydroxylation is 2. The van der Waals surface area contributed by atoms with Crippen LogP contribution in [0, 0.1) is 5.82 Å². The van der Waals surface area contributed by atoms with Crippen LogP contribution in [0.4, 0.5) is 4.39 Å². The minimum absolute atomic E-state index is 0.234. The first-order chi connectivity index (χ1) is 9.27. The fraction of sp³-hybridized carbons (Fsp3) is 0.500. The van der Waals surface area contributed by atoms with E-state index in [0.717, 1.165) is 12.2 Å². The Kier molecular flexibility index (Phi) is 5.16. The molecule has 0 radical (unpaired) electrons. The van der Waals surface area contributed by atoms with Gasteiger partial charge in [0.25, 0.3) is 0 Å².